The van der Waals surface area contributed by atoms with Crippen LogP contribution in [0.3, 0.4) is 0 Å². The average Bonchev–Trinajstić information content (AvgIpc) is 3.20. The average molecular weight is 383 g/mol. The number of nitrogens with zero attached hydrogens (tertiary/aromatic N) is 1. The maximum atomic E-state index is 12.4. The summed E-state index contributed by atoms with van der Waals surface area (Å²) in [7, 11) is -3.74. The molecule has 0 spiro atoms. The molecule has 0 unspecified atom stereocenters. The number of nitrogens with one attached hydrogen (secondary N) is 2. The molecule has 27 heavy (non-hydrogen) atoms. The van der Waals surface area contributed by atoms with Crippen molar-refractivity contribution < 1.29 is 17.6 Å². The molecule has 0 fully saturated rings. The number of furan rings is 1. The van der Waals surface area contributed by atoms with E-state index >= 15 is 0 Å². The molecule has 1 amide bonds. The third-order valence-corrected chi connectivity index (χ3v) is 4.94. The fourth-order valence-electron chi connectivity index (χ4n) is 2.23. The van der Waals surface area contributed by atoms with Crippen LogP contribution < -0.4 is 10.0 Å². The van der Waals surface area contributed by atoms with Crippen LogP contribution in [-0.4, -0.2) is 19.3 Å². The lowest BCUT2D eigenvalue weighted by molar-refractivity contribution is -0.111. The van der Waals surface area contributed by atoms with Crippen LogP contribution in [0.25, 0.3) is 6.08 Å². The van der Waals surface area contributed by atoms with Crippen LogP contribution in [0.5, 0.6) is 0 Å². The molecule has 1 aromatic carbocycles. The van der Waals surface area contributed by atoms with Crippen molar-refractivity contribution in [3.8, 4) is 0 Å². The first-order valence-electron chi connectivity index (χ1n) is 8.04. The van der Waals surface area contributed by atoms with Crippen molar-refractivity contribution in [2.75, 3.05) is 5.32 Å². The molecule has 0 bridgehead atoms. The predicted molar refractivity (Wildman–Crippen MR) is 101 cm³/mol. The minimum Gasteiger partial charge on any atom is -0.468 e. The molecule has 0 radical (unpaired) electrons. The van der Waals surface area contributed by atoms with Crippen LogP contribution in [0.4, 0.5) is 5.69 Å². The second-order valence-electron chi connectivity index (χ2n) is 5.54. The Hall–Kier alpha value is -3.23. The molecule has 2 aromatic heterocycles. The van der Waals surface area contributed by atoms with E-state index in [1.165, 1.54) is 24.5 Å². The minimum atomic E-state index is -3.74. The summed E-state index contributed by atoms with van der Waals surface area (Å²) in [4.78, 5) is 16.0. The summed E-state index contributed by atoms with van der Waals surface area (Å²) < 4.78 is 32.3. The third-order valence-electron chi connectivity index (χ3n) is 3.54. The van der Waals surface area contributed by atoms with Gasteiger partial charge in [-0.2, -0.15) is 0 Å². The van der Waals surface area contributed by atoms with Crippen molar-refractivity contribution in [3.05, 3.63) is 84.6 Å². The maximum Gasteiger partial charge on any atom is 0.248 e. The number of amides is 1. The maximum absolute atomic E-state index is 12.4. The number of hydrogen-bond acceptors (Lipinski definition) is 5. The van der Waals surface area contributed by atoms with Crippen LogP contribution in [0.2, 0.25) is 0 Å². The predicted octanol–water partition coefficient (Wildman–Crippen LogP) is 2.81. The van der Waals surface area contributed by atoms with Gasteiger partial charge >= 0.3 is 0 Å². The molecule has 138 valence electrons. The zero-order chi connectivity index (χ0) is 19.1. The van der Waals surface area contributed by atoms with Gasteiger partial charge in [0.1, 0.15) is 5.76 Å². The SMILES string of the molecule is O=C(/C=C/c1cccnc1)Nc1cccc(S(=O)(=O)NCc2ccco2)c1. The summed E-state index contributed by atoms with van der Waals surface area (Å²) in [6.07, 6.45) is 7.71. The highest BCUT2D eigenvalue weighted by atomic mass is 32.2. The number of hydrogen-bond donors (Lipinski definition) is 2. The van der Waals surface area contributed by atoms with Crippen LogP contribution in [-0.2, 0) is 21.4 Å². The Morgan fingerprint density at radius 3 is 2.78 bits per heavy atom. The van der Waals surface area contributed by atoms with E-state index in [0.717, 1.165) is 5.56 Å². The van der Waals surface area contributed by atoms with E-state index in [1.807, 2.05) is 6.07 Å². The summed E-state index contributed by atoms with van der Waals surface area (Å²) in [6.45, 7) is 0.0414. The molecule has 7 nitrogen and oxygen atoms in total. The number of aromatic nitrogens is 1. The molecule has 0 saturated heterocycles. The molecule has 3 rings (SSSR count). The Balaban J connectivity index is 1.65. The number of benzene rings is 1. The fraction of sp³-hybridized carbons (Fsp3) is 0.0526. The van der Waals surface area contributed by atoms with E-state index in [2.05, 4.69) is 15.0 Å². The van der Waals surface area contributed by atoms with Gasteiger partial charge in [-0.05, 0) is 48.0 Å². The van der Waals surface area contributed by atoms with Gasteiger partial charge in [-0.3, -0.25) is 9.78 Å². The van der Waals surface area contributed by atoms with Gasteiger partial charge in [0.2, 0.25) is 15.9 Å². The zero-order valence-electron chi connectivity index (χ0n) is 14.2. The van der Waals surface area contributed by atoms with Gasteiger partial charge in [0, 0.05) is 24.2 Å². The molecular weight excluding hydrogens is 366 g/mol. The largest absolute Gasteiger partial charge is 0.468 e. The highest BCUT2D eigenvalue weighted by Crippen LogP contribution is 2.16. The second-order valence-corrected chi connectivity index (χ2v) is 7.31. The molecular formula is C19H17N3O4S. The van der Waals surface area contributed by atoms with Crippen molar-refractivity contribution in [3.63, 3.8) is 0 Å². The summed E-state index contributed by atoms with van der Waals surface area (Å²) in [5, 5.41) is 2.64. The first-order valence-corrected chi connectivity index (χ1v) is 9.52. The number of sulfonamides is 1. The van der Waals surface area contributed by atoms with Gasteiger partial charge < -0.3 is 9.73 Å². The van der Waals surface area contributed by atoms with E-state index in [4.69, 9.17) is 4.42 Å². The van der Waals surface area contributed by atoms with Crippen LogP contribution in [0.1, 0.15) is 11.3 Å². The van der Waals surface area contributed by atoms with Crippen molar-refractivity contribution in [1.82, 2.24) is 9.71 Å². The number of anilines is 1. The lowest BCUT2D eigenvalue weighted by atomic mass is 10.2. The molecule has 0 saturated carbocycles. The van der Waals surface area contributed by atoms with E-state index in [1.54, 1.807) is 48.8 Å². The Bertz CT molecular complexity index is 1030. The second kappa shape index (κ2) is 8.43. The number of rotatable bonds is 7. The monoisotopic (exact) mass is 383 g/mol. The molecule has 2 N–H and O–H groups in total. The number of carbonyl (C=O) groups excluding carboxylic acids is 1. The van der Waals surface area contributed by atoms with Crippen molar-refractivity contribution >= 4 is 27.7 Å². The molecule has 2 heterocycles. The van der Waals surface area contributed by atoms with Gasteiger partial charge in [0.05, 0.1) is 17.7 Å². The van der Waals surface area contributed by atoms with Crippen LogP contribution >= 0.6 is 0 Å². The summed E-state index contributed by atoms with van der Waals surface area (Å²) in [6, 6.07) is 12.9. The Labute approximate surface area is 156 Å². The first kappa shape index (κ1) is 18.6. The molecule has 3 aromatic rings. The Morgan fingerprint density at radius 1 is 1.15 bits per heavy atom. The van der Waals surface area contributed by atoms with Gasteiger partial charge in [0.15, 0.2) is 0 Å². The molecule has 0 aliphatic carbocycles. The highest BCUT2D eigenvalue weighted by Gasteiger charge is 2.15. The standard InChI is InChI=1S/C19H17N3O4S/c23-19(9-8-15-4-2-10-20-13-15)22-16-5-1-7-18(12-16)27(24,25)21-14-17-6-3-11-26-17/h1-13,21H,14H2,(H,22,23)/b9-8+. The number of carbonyl (C=O) groups is 1. The number of pyridine rings is 1. The lowest BCUT2D eigenvalue weighted by Gasteiger charge is -2.08. The van der Waals surface area contributed by atoms with Crippen LogP contribution in [0, 0.1) is 0 Å². The lowest BCUT2D eigenvalue weighted by Crippen LogP contribution is -2.23. The van der Waals surface area contributed by atoms with Gasteiger partial charge in [-0.15, -0.1) is 0 Å². The normalized spacial score (nSPS) is 11.6. The van der Waals surface area contributed by atoms with E-state index in [-0.39, 0.29) is 17.3 Å². The fourth-order valence-corrected chi connectivity index (χ4v) is 3.27. The minimum absolute atomic E-state index is 0.0414. The van der Waals surface area contributed by atoms with Gasteiger partial charge in [-0.1, -0.05) is 12.1 Å². The summed E-state index contributed by atoms with van der Waals surface area (Å²) >= 11 is 0. The quantitative estimate of drug-likeness (QED) is 0.611. The van der Waals surface area contributed by atoms with Gasteiger partial charge in [0.25, 0.3) is 0 Å². The molecule has 0 aliphatic heterocycles. The zero-order valence-corrected chi connectivity index (χ0v) is 15.0. The van der Waals surface area contributed by atoms with E-state index in [0.29, 0.717) is 11.4 Å². The Morgan fingerprint density at radius 2 is 2.04 bits per heavy atom. The van der Waals surface area contributed by atoms with Gasteiger partial charge in [-0.25, -0.2) is 13.1 Å². The first-order chi connectivity index (χ1) is 13.0. The van der Waals surface area contributed by atoms with Crippen molar-refractivity contribution in [2.45, 2.75) is 11.4 Å². The highest BCUT2D eigenvalue weighted by molar-refractivity contribution is 7.89. The molecule has 0 aliphatic rings. The van der Waals surface area contributed by atoms with E-state index in [9.17, 15) is 13.2 Å². The summed E-state index contributed by atoms with van der Waals surface area (Å²) in [5.41, 5.74) is 1.16. The summed E-state index contributed by atoms with van der Waals surface area (Å²) in [5.74, 6) is 0.125. The van der Waals surface area contributed by atoms with Crippen LogP contribution in [0.15, 0.2) is 82.6 Å². The molecule has 8 heteroatoms. The van der Waals surface area contributed by atoms with Crippen molar-refractivity contribution in [2.24, 2.45) is 0 Å². The molecule has 0 atom stereocenters. The Kier molecular flexibility index (Phi) is 5.80. The third kappa shape index (κ3) is 5.37. The van der Waals surface area contributed by atoms with E-state index < -0.39 is 10.0 Å². The topological polar surface area (TPSA) is 101 Å². The van der Waals surface area contributed by atoms with Crippen molar-refractivity contribution in [1.29, 1.82) is 0 Å². The smallest absolute Gasteiger partial charge is 0.248 e.